The summed E-state index contributed by atoms with van der Waals surface area (Å²) in [4.78, 5) is 10.00. The molecule has 2 unspecified atom stereocenters. The first-order chi connectivity index (χ1) is 15.9. The van der Waals surface area contributed by atoms with Crippen molar-refractivity contribution in [3.8, 4) is 34.0 Å². The number of methoxy groups -OCH3 is 2. The second kappa shape index (κ2) is 13.5. The number of hydrogen-bond donors (Lipinski definition) is 2. The Balaban J connectivity index is 0.000000449. The number of benzene rings is 2. The van der Waals surface area contributed by atoms with Crippen LogP contribution < -0.4 is 9.47 Å². The van der Waals surface area contributed by atoms with Gasteiger partial charge in [0.25, 0.3) is 0 Å². The van der Waals surface area contributed by atoms with Gasteiger partial charge in [-0.15, -0.1) is 29.8 Å². The second-order valence-corrected chi connectivity index (χ2v) is 8.33. The SMILES string of the molecule is CC(O)CC(C)O.COc1c[c-]c(-c2nc3c(nc2-c2ccc(OC)cc2)CCCC3)cc1.[Ir]. The van der Waals surface area contributed by atoms with Crippen molar-refractivity contribution in [2.75, 3.05) is 14.2 Å². The molecule has 0 aliphatic heterocycles. The molecule has 1 aliphatic carbocycles. The van der Waals surface area contributed by atoms with Crippen molar-refractivity contribution in [1.82, 2.24) is 9.97 Å². The molecule has 1 aromatic heterocycles. The number of hydrogen-bond acceptors (Lipinski definition) is 6. The van der Waals surface area contributed by atoms with Gasteiger partial charge in [-0.25, -0.2) is 0 Å². The molecule has 6 nitrogen and oxygen atoms in total. The standard InChI is InChI=1S/C22H21N2O2.C5H12O2.Ir/c1-25-17-11-7-15(8-12-17)21-22(16-9-13-18(26-2)14-10-16)24-20-6-4-3-5-19(20)23-21;1-4(6)3-5(2)7;/h7-9,11-14H,3-6H2,1-2H3;4-7H,3H2,1-2H3;/q-1;;. The average Bonchev–Trinajstić information content (AvgIpc) is 2.83. The van der Waals surface area contributed by atoms with Gasteiger partial charge < -0.3 is 19.7 Å². The van der Waals surface area contributed by atoms with Gasteiger partial charge in [0, 0.05) is 31.5 Å². The molecule has 1 heterocycles. The van der Waals surface area contributed by atoms with E-state index in [1.54, 1.807) is 28.1 Å². The maximum atomic E-state index is 8.56. The minimum atomic E-state index is -0.375. The Kier molecular flexibility index (Phi) is 11.1. The van der Waals surface area contributed by atoms with Crippen molar-refractivity contribution in [1.29, 1.82) is 0 Å². The first-order valence-electron chi connectivity index (χ1n) is 11.4. The topological polar surface area (TPSA) is 84.7 Å². The normalized spacial score (nSPS) is 13.9. The van der Waals surface area contributed by atoms with Crippen LogP contribution in [0.3, 0.4) is 0 Å². The molecule has 1 radical (unpaired) electrons. The van der Waals surface area contributed by atoms with Gasteiger partial charge in [0.1, 0.15) is 5.75 Å². The Morgan fingerprint density at radius 3 is 1.79 bits per heavy atom. The van der Waals surface area contributed by atoms with Gasteiger partial charge in [-0.3, -0.25) is 9.97 Å². The van der Waals surface area contributed by atoms with E-state index in [9.17, 15) is 0 Å². The molecular weight excluding hydrogens is 609 g/mol. The minimum absolute atomic E-state index is 0. The molecule has 0 saturated heterocycles. The quantitative estimate of drug-likeness (QED) is 0.382. The summed E-state index contributed by atoms with van der Waals surface area (Å²) >= 11 is 0. The zero-order chi connectivity index (χ0) is 23.8. The molecule has 1 aliphatic rings. The van der Waals surface area contributed by atoms with Crippen molar-refractivity contribution >= 4 is 0 Å². The summed E-state index contributed by atoms with van der Waals surface area (Å²) in [5.41, 5.74) is 5.98. The fourth-order valence-corrected chi connectivity index (χ4v) is 3.81. The summed E-state index contributed by atoms with van der Waals surface area (Å²) in [7, 11) is 3.33. The Bertz CT molecular complexity index is 940. The van der Waals surface area contributed by atoms with E-state index in [0.717, 1.165) is 58.2 Å². The molecule has 7 heteroatoms. The van der Waals surface area contributed by atoms with Gasteiger partial charge in [-0.05, 0) is 75.8 Å². The zero-order valence-electron chi connectivity index (χ0n) is 20.2. The molecular formula is C27H33IrN2O4-. The van der Waals surface area contributed by atoms with Crippen LogP contribution in [0, 0.1) is 6.07 Å². The Hall–Kier alpha value is -2.31. The van der Waals surface area contributed by atoms with Crippen LogP contribution in [-0.2, 0) is 32.9 Å². The molecule has 4 rings (SSSR count). The average molecular weight is 642 g/mol. The maximum absolute atomic E-state index is 8.56. The van der Waals surface area contributed by atoms with Crippen LogP contribution in [0.5, 0.6) is 11.5 Å². The number of aryl methyl sites for hydroxylation is 2. The third-order valence-corrected chi connectivity index (χ3v) is 5.45. The van der Waals surface area contributed by atoms with Gasteiger partial charge >= 0.3 is 0 Å². The molecule has 34 heavy (non-hydrogen) atoms. The Labute approximate surface area is 215 Å². The third kappa shape index (κ3) is 7.60. The number of fused-ring (bicyclic) bond motifs is 1. The molecule has 0 saturated carbocycles. The number of aliphatic hydroxyl groups excluding tert-OH is 2. The zero-order valence-corrected chi connectivity index (χ0v) is 22.6. The van der Waals surface area contributed by atoms with Crippen LogP contribution in [0.15, 0.2) is 42.5 Å². The smallest absolute Gasteiger partial charge is 0.118 e. The monoisotopic (exact) mass is 642 g/mol. The van der Waals surface area contributed by atoms with Gasteiger partial charge in [-0.1, -0.05) is 0 Å². The van der Waals surface area contributed by atoms with E-state index in [1.807, 2.05) is 42.5 Å². The van der Waals surface area contributed by atoms with Crippen LogP contribution in [0.4, 0.5) is 0 Å². The van der Waals surface area contributed by atoms with Crippen molar-refractivity contribution in [2.45, 2.75) is 58.2 Å². The van der Waals surface area contributed by atoms with Crippen LogP contribution >= 0.6 is 0 Å². The number of aliphatic hydroxyl groups is 2. The van der Waals surface area contributed by atoms with Crippen LogP contribution in [-0.4, -0.2) is 46.6 Å². The second-order valence-electron chi connectivity index (χ2n) is 8.33. The summed E-state index contributed by atoms with van der Waals surface area (Å²) in [6.07, 6.45) is 4.07. The number of aromatic nitrogens is 2. The van der Waals surface area contributed by atoms with E-state index in [4.69, 9.17) is 29.7 Å². The first kappa shape index (κ1) is 27.9. The van der Waals surface area contributed by atoms with Gasteiger partial charge in [0.2, 0.25) is 0 Å². The fourth-order valence-electron chi connectivity index (χ4n) is 3.81. The van der Waals surface area contributed by atoms with Crippen LogP contribution in [0.1, 0.15) is 44.5 Å². The Morgan fingerprint density at radius 1 is 0.824 bits per heavy atom. The molecule has 185 valence electrons. The van der Waals surface area contributed by atoms with Crippen molar-refractivity contribution < 1.29 is 39.8 Å². The number of rotatable bonds is 6. The predicted octanol–water partition coefficient (Wildman–Crippen LogP) is 4.64. The summed E-state index contributed by atoms with van der Waals surface area (Å²) in [6, 6.07) is 17.0. The Morgan fingerprint density at radius 2 is 1.35 bits per heavy atom. The summed E-state index contributed by atoms with van der Waals surface area (Å²) < 4.78 is 10.5. The van der Waals surface area contributed by atoms with E-state index in [0.29, 0.717) is 6.42 Å². The molecule has 0 amide bonds. The third-order valence-electron chi connectivity index (χ3n) is 5.45. The molecule has 0 fully saturated rings. The summed E-state index contributed by atoms with van der Waals surface area (Å²) in [6.45, 7) is 3.32. The number of ether oxygens (including phenoxy) is 2. The molecule has 2 N–H and O–H groups in total. The van der Waals surface area contributed by atoms with Crippen molar-refractivity contribution in [2.24, 2.45) is 0 Å². The molecule has 3 aromatic rings. The van der Waals surface area contributed by atoms with E-state index >= 15 is 0 Å². The summed E-state index contributed by atoms with van der Waals surface area (Å²) in [5.74, 6) is 1.61. The van der Waals surface area contributed by atoms with E-state index in [2.05, 4.69) is 6.07 Å². The van der Waals surface area contributed by atoms with Gasteiger partial charge in [-0.2, -0.15) is 0 Å². The van der Waals surface area contributed by atoms with Gasteiger partial charge in [0.15, 0.2) is 0 Å². The first-order valence-corrected chi connectivity index (χ1v) is 11.4. The largest absolute Gasteiger partial charge is 0.540 e. The minimum Gasteiger partial charge on any atom is -0.540 e. The van der Waals surface area contributed by atoms with Crippen molar-refractivity contribution in [3.05, 3.63) is 59.9 Å². The number of nitrogens with zero attached hydrogens (tertiary/aromatic N) is 2. The summed E-state index contributed by atoms with van der Waals surface area (Å²) in [5, 5.41) is 17.1. The maximum Gasteiger partial charge on any atom is 0.118 e. The van der Waals surface area contributed by atoms with Crippen molar-refractivity contribution in [3.63, 3.8) is 0 Å². The fraction of sp³-hybridized carbons (Fsp3) is 0.407. The van der Waals surface area contributed by atoms with E-state index in [1.165, 1.54) is 12.8 Å². The van der Waals surface area contributed by atoms with Gasteiger partial charge in [0.05, 0.1) is 43.5 Å². The molecule has 2 atom stereocenters. The van der Waals surface area contributed by atoms with Crippen LogP contribution in [0.2, 0.25) is 0 Å². The predicted molar refractivity (Wildman–Crippen MR) is 129 cm³/mol. The molecule has 0 bridgehead atoms. The van der Waals surface area contributed by atoms with Crippen LogP contribution in [0.25, 0.3) is 22.5 Å². The molecule has 2 aromatic carbocycles. The molecule has 0 spiro atoms. The van der Waals surface area contributed by atoms with E-state index < -0.39 is 0 Å². The van der Waals surface area contributed by atoms with E-state index in [-0.39, 0.29) is 32.3 Å².